The Morgan fingerprint density at radius 1 is 1.16 bits per heavy atom. The summed E-state index contributed by atoms with van der Waals surface area (Å²) in [5.74, 6) is 0. The summed E-state index contributed by atoms with van der Waals surface area (Å²) < 4.78 is 50.0. The molecule has 3 N–H and O–H groups in total. The minimum atomic E-state index is -4.00. The highest BCUT2D eigenvalue weighted by Gasteiger charge is 2.23. The Bertz CT molecular complexity index is 653. The second kappa shape index (κ2) is 5.45. The molecule has 0 saturated carbocycles. The first-order valence-corrected chi connectivity index (χ1v) is 8.42. The van der Waals surface area contributed by atoms with Crippen molar-refractivity contribution in [1.29, 1.82) is 0 Å². The fourth-order valence-electron chi connectivity index (χ4n) is 1.29. The molecule has 0 aliphatic heterocycles. The predicted molar refractivity (Wildman–Crippen MR) is 73.3 cm³/mol. The van der Waals surface area contributed by atoms with Gasteiger partial charge in [-0.1, -0.05) is 12.1 Å². The lowest BCUT2D eigenvalue weighted by Crippen LogP contribution is -2.37. The second-order valence-corrected chi connectivity index (χ2v) is 7.52. The van der Waals surface area contributed by atoms with Gasteiger partial charge in [0.25, 0.3) is 0 Å². The topological polar surface area (TPSA) is 110 Å². The first kappa shape index (κ1) is 15.9. The summed E-state index contributed by atoms with van der Waals surface area (Å²) in [7, 11) is -6.43. The van der Waals surface area contributed by atoms with Crippen molar-refractivity contribution in [2.75, 3.05) is 11.8 Å². The van der Waals surface area contributed by atoms with Crippen LogP contribution in [0.5, 0.6) is 0 Å². The number of primary sulfonamides is 1. The molecule has 0 atom stereocenters. The molecule has 1 rings (SSSR count). The van der Waals surface area contributed by atoms with E-state index in [1.807, 2.05) is 0 Å². The van der Waals surface area contributed by atoms with Gasteiger partial charge in [-0.05, 0) is 26.0 Å². The van der Waals surface area contributed by atoms with Gasteiger partial charge in [-0.15, -0.1) is 0 Å². The number of sulfonamides is 1. The minimum absolute atomic E-state index is 0.0718. The van der Waals surface area contributed by atoms with Crippen LogP contribution in [0.25, 0.3) is 0 Å². The Morgan fingerprint density at radius 2 is 1.68 bits per heavy atom. The summed E-state index contributed by atoms with van der Waals surface area (Å²) in [5.41, 5.74) is -0.0718. The summed E-state index contributed by atoms with van der Waals surface area (Å²) in [4.78, 5) is -0.268. The molecule has 0 aliphatic rings. The van der Waals surface area contributed by atoms with Crippen molar-refractivity contribution in [3.8, 4) is 0 Å². The van der Waals surface area contributed by atoms with Crippen LogP contribution in [0.2, 0.25) is 0 Å². The molecule has 0 saturated heterocycles. The van der Waals surface area contributed by atoms with Crippen LogP contribution in [0.4, 0.5) is 5.69 Å². The van der Waals surface area contributed by atoms with Gasteiger partial charge in [0.15, 0.2) is 0 Å². The van der Waals surface area contributed by atoms with Crippen molar-refractivity contribution < 1.29 is 16.8 Å². The third-order valence-electron chi connectivity index (χ3n) is 2.54. The zero-order chi connectivity index (χ0) is 14.8. The molecule has 7 nitrogen and oxygen atoms in total. The predicted octanol–water partition coefficient (Wildman–Crippen LogP) is 0.331. The monoisotopic (exact) mass is 307 g/mol. The third-order valence-corrected chi connectivity index (χ3v) is 5.17. The quantitative estimate of drug-likeness (QED) is 0.816. The van der Waals surface area contributed by atoms with E-state index in [-0.39, 0.29) is 16.6 Å². The Kier molecular flexibility index (Phi) is 4.56. The van der Waals surface area contributed by atoms with E-state index in [0.717, 1.165) is 4.31 Å². The van der Waals surface area contributed by atoms with Gasteiger partial charge in [0, 0.05) is 13.1 Å². The zero-order valence-corrected chi connectivity index (χ0v) is 12.5. The highest BCUT2D eigenvalue weighted by atomic mass is 32.2. The summed E-state index contributed by atoms with van der Waals surface area (Å²) >= 11 is 0. The maximum Gasteiger partial charge on any atom is 0.301 e. The molecule has 19 heavy (non-hydrogen) atoms. The number of nitrogens with one attached hydrogen (secondary N) is 1. The van der Waals surface area contributed by atoms with Gasteiger partial charge < -0.3 is 0 Å². The maximum absolute atomic E-state index is 12.0. The average Bonchev–Trinajstić information content (AvgIpc) is 2.26. The van der Waals surface area contributed by atoms with E-state index >= 15 is 0 Å². The molecule has 0 radical (unpaired) electrons. The van der Waals surface area contributed by atoms with E-state index < -0.39 is 20.2 Å². The molecule has 0 bridgehead atoms. The van der Waals surface area contributed by atoms with Crippen molar-refractivity contribution in [3.05, 3.63) is 24.3 Å². The average molecular weight is 307 g/mol. The van der Waals surface area contributed by atoms with Crippen LogP contribution in [0.15, 0.2) is 29.2 Å². The van der Waals surface area contributed by atoms with Crippen molar-refractivity contribution in [2.45, 2.75) is 24.8 Å². The molecule has 0 aromatic heterocycles. The summed E-state index contributed by atoms with van der Waals surface area (Å²) in [6, 6.07) is 5.29. The Hall–Kier alpha value is -1.16. The van der Waals surface area contributed by atoms with Crippen LogP contribution >= 0.6 is 0 Å². The van der Waals surface area contributed by atoms with E-state index in [2.05, 4.69) is 4.72 Å². The number of benzene rings is 1. The van der Waals surface area contributed by atoms with Crippen LogP contribution in [0.3, 0.4) is 0 Å². The van der Waals surface area contributed by atoms with Crippen molar-refractivity contribution >= 4 is 25.9 Å². The van der Waals surface area contributed by atoms with E-state index in [1.165, 1.54) is 31.3 Å². The lowest BCUT2D eigenvalue weighted by Gasteiger charge is -2.22. The number of para-hydroxylation sites is 1. The molecule has 0 amide bonds. The van der Waals surface area contributed by atoms with Crippen LogP contribution in [0, 0.1) is 0 Å². The largest absolute Gasteiger partial charge is 0.301 e. The summed E-state index contributed by atoms with van der Waals surface area (Å²) in [5, 5.41) is 5.04. The fraction of sp³-hybridized carbons (Fsp3) is 0.400. The van der Waals surface area contributed by atoms with Gasteiger partial charge in [0.2, 0.25) is 10.0 Å². The standard InChI is InChI=1S/C10H17N3O4S2/c1-8(2)13(3)19(16,17)12-9-6-4-5-7-10(9)18(11,14)15/h4-8,12H,1-3H3,(H2,11,14,15). The molecule has 1 aromatic carbocycles. The third kappa shape index (κ3) is 3.90. The fourth-order valence-corrected chi connectivity index (χ4v) is 3.20. The molecule has 0 fully saturated rings. The number of nitrogens with zero attached hydrogens (tertiary/aromatic N) is 1. The second-order valence-electron chi connectivity index (χ2n) is 4.26. The number of hydrogen-bond acceptors (Lipinski definition) is 4. The first-order chi connectivity index (χ1) is 8.55. The Labute approximate surface area is 113 Å². The van der Waals surface area contributed by atoms with E-state index in [1.54, 1.807) is 13.8 Å². The molecular formula is C10H17N3O4S2. The van der Waals surface area contributed by atoms with E-state index in [0.29, 0.717) is 0 Å². The SMILES string of the molecule is CC(C)N(C)S(=O)(=O)Nc1ccccc1S(N)(=O)=O. The minimum Gasteiger partial charge on any atom is -0.270 e. The van der Waals surface area contributed by atoms with Crippen LogP contribution in [-0.2, 0) is 20.2 Å². The normalized spacial score (nSPS) is 12.9. The van der Waals surface area contributed by atoms with Crippen molar-refractivity contribution in [1.82, 2.24) is 4.31 Å². The zero-order valence-electron chi connectivity index (χ0n) is 10.9. The number of nitrogens with two attached hydrogens (primary N) is 1. The van der Waals surface area contributed by atoms with Crippen LogP contribution in [0.1, 0.15) is 13.8 Å². The van der Waals surface area contributed by atoms with Gasteiger partial charge in [-0.2, -0.15) is 12.7 Å². The van der Waals surface area contributed by atoms with Gasteiger partial charge in [0.05, 0.1) is 5.69 Å². The molecule has 0 aliphatic carbocycles. The molecule has 9 heteroatoms. The Balaban J connectivity index is 3.22. The van der Waals surface area contributed by atoms with Gasteiger partial charge in [-0.25, -0.2) is 13.6 Å². The highest BCUT2D eigenvalue weighted by molar-refractivity contribution is 7.91. The van der Waals surface area contributed by atoms with Crippen molar-refractivity contribution in [2.24, 2.45) is 5.14 Å². The van der Waals surface area contributed by atoms with Gasteiger partial charge in [0.1, 0.15) is 4.90 Å². The lowest BCUT2D eigenvalue weighted by molar-refractivity contribution is 0.414. The lowest BCUT2D eigenvalue weighted by atomic mass is 10.3. The maximum atomic E-state index is 12.0. The van der Waals surface area contributed by atoms with Gasteiger partial charge in [-0.3, -0.25) is 4.72 Å². The molecule has 0 heterocycles. The highest BCUT2D eigenvalue weighted by Crippen LogP contribution is 2.21. The molecular weight excluding hydrogens is 290 g/mol. The molecule has 108 valence electrons. The number of anilines is 1. The van der Waals surface area contributed by atoms with E-state index in [4.69, 9.17) is 5.14 Å². The van der Waals surface area contributed by atoms with Gasteiger partial charge >= 0.3 is 10.2 Å². The summed E-state index contributed by atoms with van der Waals surface area (Å²) in [6.07, 6.45) is 0. The number of hydrogen-bond donors (Lipinski definition) is 2. The Morgan fingerprint density at radius 3 is 2.16 bits per heavy atom. The van der Waals surface area contributed by atoms with Crippen LogP contribution in [-0.4, -0.2) is 34.2 Å². The smallest absolute Gasteiger partial charge is 0.270 e. The van der Waals surface area contributed by atoms with E-state index in [9.17, 15) is 16.8 Å². The number of rotatable bonds is 5. The molecule has 0 unspecified atom stereocenters. The summed E-state index contributed by atoms with van der Waals surface area (Å²) in [6.45, 7) is 3.40. The molecule has 0 spiro atoms. The first-order valence-electron chi connectivity index (χ1n) is 5.43. The van der Waals surface area contributed by atoms with Crippen molar-refractivity contribution in [3.63, 3.8) is 0 Å². The molecule has 1 aromatic rings. The van der Waals surface area contributed by atoms with Crippen LogP contribution < -0.4 is 9.86 Å².